The number of nitrogens with zero attached hydrogens (tertiary/aromatic N) is 2. The van der Waals surface area contributed by atoms with E-state index in [-0.39, 0.29) is 23.7 Å². The topological polar surface area (TPSA) is 96.7 Å². The van der Waals surface area contributed by atoms with Gasteiger partial charge in [0.25, 0.3) is 0 Å². The molecule has 6 nitrogen and oxygen atoms in total. The summed E-state index contributed by atoms with van der Waals surface area (Å²) in [7, 11) is 0. The van der Waals surface area contributed by atoms with Crippen LogP contribution < -0.4 is 11.1 Å². The molecule has 0 aliphatic carbocycles. The Hall–Kier alpha value is -2.02. The maximum Gasteiger partial charge on any atom is 0.230 e. The highest BCUT2D eigenvalue weighted by Gasteiger charge is 2.11. The number of hydrogen-bond donors (Lipinski definition) is 3. The lowest BCUT2D eigenvalue weighted by Crippen LogP contribution is -2.28. The van der Waals surface area contributed by atoms with Gasteiger partial charge in [0.1, 0.15) is 0 Å². The Morgan fingerprint density at radius 3 is 2.57 bits per heavy atom. The summed E-state index contributed by atoms with van der Waals surface area (Å²) in [5.41, 5.74) is 7.86. The molecule has 1 atom stereocenters. The van der Waals surface area contributed by atoms with Crippen molar-refractivity contribution in [2.75, 3.05) is 11.5 Å². The number of benzene rings is 1. The van der Waals surface area contributed by atoms with Crippen LogP contribution >= 0.6 is 11.8 Å². The standard InChI is InChI=1S/C16H23N5OS/c1-10(2)8-12-4-6-13(7-5-12)11(3)18-14(22)9-23-16-19-15(17)20-21-16/h4-7,10-11H,8-9H2,1-3H3,(H,18,22)(H3,17,19,20,21). The minimum absolute atomic E-state index is 0.0339. The molecule has 1 aromatic heterocycles. The second-order valence-electron chi connectivity index (χ2n) is 5.92. The van der Waals surface area contributed by atoms with E-state index in [1.165, 1.54) is 17.3 Å². The lowest BCUT2D eigenvalue weighted by Gasteiger charge is -2.15. The minimum Gasteiger partial charge on any atom is -0.368 e. The summed E-state index contributed by atoms with van der Waals surface area (Å²) in [5, 5.41) is 9.87. The van der Waals surface area contributed by atoms with Gasteiger partial charge in [0, 0.05) is 0 Å². The van der Waals surface area contributed by atoms with Crippen molar-refractivity contribution in [1.29, 1.82) is 0 Å². The van der Waals surface area contributed by atoms with Crippen LogP contribution in [0.3, 0.4) is 0 Å². The Labute approximate surface area is 140 Å². The van der Waals surface area contributed by atoms with E-state index < -0.39 is 0 Å². The molecule has 0 aliphatic rings. The fourth-order valence-corrected chi connectivity index (χ4v) is 2.85. The fraction of sp³-hybridized carbons (Fsp3) is 0.438. The number of thioether (sulfide) groups is 1. The van der Waals surface area contributed by atoms with Crippen LogP contribution in [0.15, 0.2) is 29.4 Å². The number of carbonyl (C=O) groups is 1. The minimum atomic E-state index is -0.0582. The zero-order chi connectivity index (χ0) is 16.8. The lowest BCUT2D eigenvalue weighted by atomic mass is 10.00. The van der Waals surface area contributed by atoms with E-state index >= 15 is 0 Å². The Morgan fingerprint density at radius 1 is 1.30 bits per heavy atom. The first kappa shape index (κ1) is 17.3. The quantitative estimate of drug-likeness (QED) is 0.677. The molecule has 124 valence electrons. The molecule has 2 rings (SSSR count). The van der Waals surface area contributed by atoms with E-state index in [4.69, 9.17) is 5.73 Å². The van der Waals surface area contributed by atoms with Crippen LogP contribution in [0.5, 0.6) is 0 Å². The van der Waals surface area contributed by atoms with Gasteiger partial charge in [-0.2, -0.15) is 4.98 Å². The molecular formula is C16H23N5OS. The second-order valence-corrected chi connectivity index (χ2v) is 6.86. The summed E-state index contributed by atoms with van der Waals surface area (Å²) >= 11 is 1.25. The first-order valence-corrected chi connectivity index (χ1v) is 8.61. The number of hydrogen-bond acceptors (Lipinski definition) is 5. The average Bonchev–Trinajstić information content (AvgIpc) is 2.91. The van der Waals surface area contributed by atoms with Gasteiger partial charge in [-0.25, -0.2) is 5.10 Å². The van der Waals surface area contributed by atoms with Crippen LogP contribution in [-0.2, 0) is 11.2 Å². The molecule has 1 unspecified atom stereocenters. The zero-order valence-corrected chi connectivity index (χ0v) is 14.5. The summed E-state index contributed by atoms with van der Waals surface area (Å²) in [6, 6.07) is 8.37. The predicted octanol–water partition coefficient (Wildman–Crippen LogP) is 2.55. The largest absolute Gasteiger partial charge is 0.368 e. The molecule has 23 heavy (non-hydrogen) atoms. The number of anilines is 1. The van der Waals surface area contributed by atoms with Crippen molar-refractivity contribution < 1.29 is 4.79 Å². The Kier molecular flexibility index (Phi) is 6.04. The van der Waals surface area contributed by atoms with Crippen molar-refractivity contribution >= 4 is 23.6 Å². The smallest absolute Gasteiger partial charge is 0.230 e. The fourth-order valence-electron chi connectivity index (χ4n) is 2.23. The van der Waals surface area contributed by atoms with E-state index in [0.717, 1.165) is 12.0 Å². The molecule has 1 aromatic carbocycles. The SMILES string of the molecule is CC(C)Cc1ccc(C(C)NC(=O)CSc2n[nH]c(N)n2)cc1. The number of nitrogen functional groups attached to an aromatic ring is 1. The van der Waals surface area contributed by atoms with E-state index in [0.29, 0.717) is 11.1 Å². The van der Waals surface area contributed by atoms with Crippen LogP contribution in [0.25, 0.3) is 0 Å². The van der Waals surface area contributed by atoms with E-state index in [2.05, 4.69) is 58.6 Å². The highest BCUT2D eigenvalue weighted by atomic mass is 32.2. The van der Waals surface area contributed by atoms with Crippen molar-refractivity contribution in [3.8, 4) is 0 Å². The Bertz CT molecular complexity index is 638. The molecule has 0 bridgehead atoms. The third-order valence-electron chi connectivity index (χ3n) is 3.32. The molecule has 1 heterocycles. The molecular weight excluding hydrogens is 310 g/mol. The summed E-state index contributed by atoms with van der Waals surface area (Å²) in [6.45, 7) is 6.39. The molecule has 0 radical (unpaired) electrons. The number of nitrogens with two attached hydrogens (primary N) is 1. The van der Waals surface area contributed by atoms with Crippen molar-refractivity contribution in [2.45, 2.75) is 38.4 Å². The van der Waals surface area contributed by atoms with Crippen LogP contribution in [0.2, 0.25) is 0 Å². The van der Waals surface area contributed by atoms with Gasteiger partial charge >= 0.3 is 0 Å². The molecule has 0 spiro atoms. The maximum absolute atomic E-state index is 12.0. The van der Waals surface area contributed by atoms with Crippen LogP contribution in [0.4, 0.5) is 5.95 Å². The van der Waals surface area contributed by atoms with Crippen molar-refractivity contribution in [3.63, 3.8) is 0 Å². The van der Waals surface area contributed by atoms with Gasteiger partial charge in [-0.15, -0.1) is 5.10 Å². The van der Waals surface area contributed by atoms with Gasteiger partial charge < -0.3 is 11.1 Å². The van der Waals surface area contributed by atoms with Gasteiger partial charge in [-0.05, 0) is 30.4 Å². The number of aromatic amines is 1. The molecule has 2 aromatic rings. The number of carbonyl (C=O) groups excluding carboxylic acids is 1. The number of aromatic nitrogens is 3. The summed E-state index contributed by atoms with van der Waals surface area (Å²) in [6.07, 6.45) is 1.07. The predicted molar refractivity (Wildman–Crippen MR) is 93.1 cm³/mol. The number of nitrogens with one attached hydrogen (secondary N) is 2. The highest BCUT2D eigenvalue weighted by Crippen LogP contribution is 2.17. The van der Waals surface area contributed by atoms with Crippen molar-refractivity contribution in [1.82, 2.24) is 20.5 Å². The van der Waals surface area contributed by atoms with Gasteiger partial charge in [0.2, 0.25) is 17.0 Å². The lowest BCUT2D eigenvalue weighted by molar-refractivity contribution is -0.119. The van der Waals surface area contributed by atoms with Crippen LogP contribution in [-0.4, -0.2) is 26.8 Å². The molecule has 4 N–H and O–H groups in total. The Morgan fingerprint density at radius 2 is 2.00 bits per heavy atom. The van der Waals surface area contributed by atoms with Gasteiger partial charge in [-0.3, -0.25) is 4.79 Å². The van der Waals surface area contributed by atoms with E-state index in [1.807, 2.05) is 6.92 Å². The van der Waals surface area contributed by atoms with Crippen LogP contribution in [0, 0.1) is 5.92 Å². The van der Waals surface area contributed by atoms with Crippen molar-refractivity contribution in [2.24, 2.45) is 5.92 Å². The average molecular weight is 333 g/mol. The summed E-state index contributed by atoms with van der Waals surface area (Å²) in [5.74, 6) is 1.09. The monoisotopic (exact) mass is 333 g/mol. The third kappa shape index (κ3) is 5.59. The number of amides is 1. The molecule has 0 saturated heterocycles. The first-order chi connectivity index (χ1) is 10.9. The number of H-pyrrole nitrogens is 1. The van der Waals surface area contributed by atoms with Crippen molar-refractivity contribution in [3.05, 3.63) is 35.4 Å². The van der Waals surface area contributed by atoms with Gasteiger partial charge in [-0.1, -0.05) is 49.9 Å². The van der Waals surface area contributed by atoms with Gasteiger partial charge in [0.05, 0.1) is 11.8 Å². The first-order valence-electron chi connectivity index (χ1n) is 7.63. The second kappa shape index (κ2) is 8.01. The highest BCUT2D eigenvalue weighted by molar-refractivity contribution is 7.99. The molecule has 0 saturated carbocycles. The van der Waals surface area contributed by atoms with E-state index in [9.17, 15) is 4.79 Å². The van der Waals surface area contributed by atoms with E-state index in [1.54, 1.807) is 0 Å². The van der Waals surface area contributed by atoms with Crippen LogP contribution in [0.1, 0.15) is 37.9 Å². The molecule has 7 heteroatoms. The zero-order valence-electron chi connectivity index (χ0n) is 13.7. The molecule has 0 fully saturated rings. The summed E-state index contributed by atoms with van der Waals surface area (Å²) < 4.78 is 0. The maximum atomic E-state index is 12.0. The summed E-state index contributed by atoms with van der Waals surface area (Å²) in [4.78, 5) is 15.9. The van der Waals surface area contributed by atoms with Gasteiger partial charge in [0.15, 0.2) is 0 Å². The third-order valence-corrected chi connectivity index (χ3v) is 4.16. The number of rotatable bonds is 7. The molecule has 1 amide bonds. The molecule has 0 aliphatic heterocycles. The Balaban J connectivity index is 1.83. The normalized spacial score (nSPS) is 12.3.